The van der Waals surface area contributed by atoms with Crippen molar-refractivity contribution in [1.82, 2.24) is 0 Å². The highest BCUT2D eigenvalue weighted by Gasteiger charge is 2.04. The Balaban J connectivity index is 2.22. The highest BCUT2D eigenvalue weighted by molar-refractivity contribution is 9.10. The van der Waals surface area contributed by atoms with Crippen molar-refractivity contribution in [3.05, 3.63) is 70.2 Å². The maximum Gasteiger partial charge on any atom is 0.0453 e. The highest BCUT2D eigenvalue weighted by Crippen LogP contribution is 2.18. The third-order valence-corrected chi connectivity index (χ3v) is 3.32. The van der Waals surface area contributed by atoms with Crippen molar-refractivity contribution in [2.24, 2.45) is 0 Å². The van der Waals surface area contributed by atoms with Crippen molar-refractivity contribution in [2.75, 3.05) is 0 Å². The van der Waals surface area contributed by atoms with Crippen LogP contribution in [0.1, 0.15) is 30.4 Å². The van der Waals surface area contributed by atoms with Crippen LogP contribution in [0.3, 0.4) is 0 Å². The number of hydrogen-bond donors (Lipinski definition) is 0. The predicted molar refractivity (Wildman–Crippen MR) is 80.5 cm³/mol. The second-order valence-corrected chi connectivity index (χ2v) is 5.07. The molecule has 0 aliphatic carbocycles. The van der Waals surface area contributed by atoms with Crippen molar-refractivity contribution in [3.63, 3.8) is 0 Å². The zero-order chi connectivity index (χ0) is 12.8. The van der Waals surface area contributed by atoms with Crippen LogP contribution in [-0.2, 0) is 0 Å². The number of hydrogen-bond acceptors (Lipinski definition) is 0. The Labute approximate surface area is 117 Å². The second-order valence-electron chi connectivity index (χ2n) is 4.15. The van der Waals surface area contributed by atoms with Crippen molar-refractivity contribution in [2.45, 2.75) is 19.3 Å². The van der Waals surface area contributed by atoms with Crippen LogP contribution in [0.4, 0.5) is 0 Å². The minimum atomic E-state index is 0.310. The summed E-state index contributed by atoms with van der Waals surface area (Å²) in [5.74, 6) is 6.92. The maximum atomic E-state index is 3.46. The first kappa shape index (κ1) is 12.9. The van der Waals surface area contributed by atoms with Crippen LogP contribution in [0.25, 0.3) is 0 Å². The van der Waals surface area contributed by atoms with E-state index in [1.165, 1.54) is 5.56 Å². The van der Waals surface area contributed by atoms with Gasteiger partial charge in [0.2, 0.25) is 0 Å². The van der Waals surface area contributed by atoms with Crippen LogP contribution >= 0.6 is 15.9 Å². The summed E-state index contributed by atoms with van der Waals surface area (Å²) in [6, 6.07) is 18.6. The molecule has 0 nitrogen and oxygen atoms in total. The molecule has 0 aliphatic heterocycles. The summed E-state index contributed by atoms with van der Waals surface area (Å²) in [4.78, 5) is 0. The lowest BCUT2D eigenvalue weighted by Crippen LogP contribution is -1.93. The van der Waals surface area contributed by atoms with E-state index in [4.69, 9.17) is 0 Å². The van der Waals surface area contributed by atoms with Gasteiger partial charge in [-0.2, -0.15) is 0 Å². The molecule has 2 aromatic rings. The van der Waals surface area contributed by atoms with Gasteiger partial charge in [-0.3, -0.25) is 0 Å². The molecule has 0 saturated heterocycles. The second kappa shape index (κ2) is 6.42. The van der Waals surface area contributed by atoms with Crippen molar-refractivity contribution in [3.8, 4) is 11.8 Å². The quantitative estimate of drug-likeness (QED) is 0.685. The third kappa shape index (κ3) is 3.48. The van der Waals surface area contributed by atoms with Gasteiger partial charge in [-0.05, 0) is 30.2 Å². The average molecular weight is 299 g/mol. The van der Waals surface area contributed by atoms with E-state index < -0.39 is 0 Å². The Bertz CT molecular complexity index is 561. The van der Waals surface area contributed by atoms with E-state index in [2.05, 4.69) is 59.0 Å². The van der Waals surface area contributed by atoms with Crippen LogP contribution < -0.4 is 0 Å². The molecular weight excluding hydrogens is 284 g/mol. The molecule has 90 valence electrons. The molecule has 0 fully saturated rings. The fourth-order valence-corrected chi connectivity index (χ4v) is 2.24. The molecule has 1 atom stereocenters. The molecule has 0 N–H and O–H groups in total. The predicted octanol–water partition coefficient (Wildman–Crippen LogP) is 4.99. The van der Waals surface area contributed by atoms with E-state index in [-0.39, 0.29) is 0 Å². The van der Waals surface area contributed by atoms with Gasteiger partial charge in [0.25, 0.3) is 0 Å². The molecule has 0 heterocycles. The molecule has 0 aliphatic rings. The van der Waals surface area contributed by atoms with Crippen LogP contribution in [0, 0.1) is 11.8 Å². The Hall–Kier alpha value is -1.52. The number of benzene rings is 2. The van der Waals surface area contributed by atoms with Gasteiger partial charge >= 0.3 is 0 Å². The Kier molecular flexibility index (Phi) is 4.61. The van der Waals surface area contributed by atoms with E-state index >= 15 is 0 Å². The molecular formula is C17H15Br. The topological polar surface area (TPSA) is 0 Å². The van der Waals surface area contributed by atoms with Gasteiger partial charge in [0.1, 0.15) is 0 Å². The number of rotatable bonds is 2. The van der Waals surface area contributed by atoms with Crippen LogP contribution in [-0.4, -0.2) is 0 Å². The van der Waals surface area contributed by atoms with Crippen molar-refractivity contribution in [1.29, 1.82) is 0 Å². The SMILES string of the molecule is CC[C@@H](C#Cc1cccc(Br)c1)c1ccccc1. The fraction of sp³-hybridized carbons (Fsp3) is 0.176. The monoisotopic (exact) mass is 298 g/mol. The summed E-state index contributed by atoms with van der Waals surface area (Å²) in [6.07, 6.45) is 1.03. The largest absolute Gasteiger partial charge is 0.0897 e. The van der Waals surface area contributed by atoms with Gasteiger partial charge in [-0.1, -0.05) is 71.1 Å². The Morgan fingerprint density at radius 3 is 2.50 bits per heavy atom. The first-order chi connectivity index (χ1) is 8.79. The number of halogens is 1. The van der Waals surface area contributed by atoms with E-state index in [1.54, 1.807) is 0 Å². The summed E-state index contributed by atoms with van der Waals surface area (Å²) in [5, 5.41) is 0. The molecule has 0 amide bonds. The molecule has 0 spiro atoms. The zero-order valence-electron chi connectivity index (χ0n) is 10.4. The lowest BCUT2D eigenvalue weighted by atomic mass is 9.97. The Morgan fingerprint density at radius 1 is 1.06 bits per heavy atom. The molecule has 2 aromatic carbocycles. The van der Waals surface area contributed by atoms with Crippen LogP contribution in [0.5, 0.6) is 0 Å². The first-order valence-corrected chi connectivity index (χ1v) is 6.91. The fourth-order valence-electron chi connectivity index (χ4n) is 1.84. The molecule has 0 saturated carbocycles. The molecule has 18 heavy (non-hydrogen) atoms. The first-order valence-electron chi connectivity index (χ1n) is 6.11. The molecule has 2 rings (SSSR count). The van der Waals surface area contributed by atoms with E-state index in [0.717, 1.165) is 16.5 Å². The van der Waals surface area contributed by atoms with Crippen LogP contribution in [0.2, 0.25) is 0 Å². The third-order valence-electron chi connectivity index (χ3n) is 2.83. The molecule has 0 bridgehead atoms. The summed E-state index contributed by atoms with van der Waals surface area (Å²) in [5.41, 5.74) is 2.35. The molecule has 0 radical (unpaired) electrons. The molecule has 1 heteroatoms. The standard InChI is InChI=1S/C17H15Br/c1-2-15(16-8-4-3-5-9-16)12-11-14-7-6-10-17(18)13-14/h3-10,13,15H,2H2,1H3/t15-/m0/s1. The molecule has 0 aromatic heterocycles. The summed E-state index contributed by atoms with van der Waals surface area (Å²) < 4.78 is 1.07. The molecule has 0 unspecified atom stereocenters. The summed E-state index contributed by atoms with van der Waals surface area (Å²) >= 11 is 3.46. The zero-order valence-corrected chi connectivity index (χ0v) is 11.9. The van der Waals surface area contributed by atoms with Crippen molar-refractivity contribution >= 4 is 15.9 Å². The van der Waals surface area contributed by atoms with E-state index in [9.17, 15) is 0 Å². The van der Waals surface area contributed by atoms with Gasteiger partial charge < -0.3 is 0 Å². The maximum absolute atomic E-state index is 3.46. The Morgan fingerprint density at radius 2 is 1.83 bits per heavy atom. The smallest absolute Gasteiger partial charge is 0.0453 e. The van der Waals surface area contributed by atoms with E-state index in [1.807, 2.05) is 30.3 Å². The van der Waals surface area contributed by atoms with Gasteiger partial charge in [-0.25, -0.2) is 0 Å². The minimum absolute atomic E-state index is 0.310. The van der Waals surface area contributed by atoms with Gasteiger partial charge in [0, 0.05) is 16.0 Å². The average Bonchev–Trinajstić information content (AvgIpc) is 2.41. The van der Waals surface area contributed by atoms with Gasteiger partial charge in [0.15, 0.2) is 0 Å². The van der Waals surface area contributed by atoms with Crippen molar-refractivity contribution < 1.29 is 0 Å². The summed E-state index contributed by atoms with van der Waals surface area (Å²) in [6.45, 7) is 2.17. The van der Waals surface area contributed by atoms with Gasteiger partial charge in [-0.15, -0.1) is 0 Å². The summed E-state index contributed by atoms with van der Waals surface area (Å²) in [7, 11) is 0. The lowest BCUT2D eigenvalue weighted by molar-refractivity contribution is 0.830. The lowest BCUT2D eigenvalue weighted by Gasteiger charge is -2.07. The normalized spacial score (nSPS) is 11.4. The highest BCUT2D eigenvalue weighted by atomic mass is 79.9. The van der Waals surface area contributed by atoms with E-state index in [0.29, 0.717) is 5.92 Å². The minimum Gasteiger partial charge on any atom is -0.0897 e. The van der Waals surface area contributed by atoms with Crippen LogP contribution in [0.15, 0.2) is 59.1 Å². The van der Waals surface area contributed by atoms with Gasteiger partial charge in [0.05, 0.1) is 0 Å².